The first-order valence-corrected chi connectivity index (χ1v) is 7.12. The Balaban J connectivity index is 1.84. The van der Waals surface area contributed by atoms with Crippen molar-refractivity contribution in [2.24, 2.45) is 5.41 Å². The van der Waals surface area contributed by atoms with Gasteiger partial charge in [-0.05, 0) is 31.1 Å². The second-order valence-corrected chi connectivity index (χ2v) is 5.58. The maximum absolute atomic E-state index is 4.49. The van der Waals surface area contributed by atoms with Crippen molar-refractivity contribution in [2.75, 3.05) is 11.9 Å². The van der Waals surface area contributed by atoms with E-state index in [1.807, 2.05) is 0 Å². The maximum atomic E-state index is 4.49. The average molecular weight is 239 g/mol. The van der Waals surface area contributed by atoms with Crippen molar-refractivity contribution in [3.63, 3.8) is 0 Å². The van der Waals surface area contributed by atoms with E-state index in [2.05, 4.69) is 28.5 Å². The number of anilines is 1. The molecule has 0 bridgehead atoms. The Labute approximate surface area is 102 Å². The lowest BCUT2D eigenvalue weighted by Crippen LogP contribution is -2.35. The van der Waals surface area contributed by atoms with E-state index in [0.717, 1.165) is 30.3 Å². The number of hydrogen-bond acceptors (Lipinski definition) is 4. The fraction of sp³-hybridized carbons (Fsp3) is 0.833. The minimum absolute atomic E-state index is 0.552. The molecule has 1 N–H and O–H groups in total. The van der Waals surface area contributed by atoms with Crippen LogP contribution in [0.1, 0.15) is 51.8 Å². The zero-order chi connectivity index (χ0) is 11.4. The van der Waals surface area contributed by atoms with Crippen molar-refractivity contribution in [3.05, 3.63) is 5.82 Å². The molecule has 1 aromatic rings. The van der Waals surface area contributed by atoms with Crippen LogP contribution in [0.4, 0.5) is 5.13 Å². The molecule has 1 aromatic heterocycles. The summed E-state index contributed by atoms with van der Waals surface area (Å²) in [7, 11) is 0. The molecule has 0 saturated heterocycles. The molecule has 0 unspecified atom stereocenters. The maximum Gasteiger partial charge on any atom is 0.202 e. The molecule has 90 valence electrons. The molecule has 1 heterocycles. The van der Waals surface area contributed by atoms with Crippen LogP contribution in [0.2, 0.25) is 0 Å². The van der Waals surface area contributed by atoms with Crippen LogP contribution in [0.25, 0.3) is 0 Å². The molecule has 1 saturated carbocycles. The van der Waals surface area contributed by atoms with Crippen LogP contribution in [0.15, 0.2) is 0 Å². The van der Waals surface area contributed by atoms with Crippen molar-refractivity contribution in [1.29, 1.82) is 0 Å². The third-order valence-corrected chi connectivity index (χ3v) is 4.43. The van der Waals surface area contributed by atoms with Gasteiger partial charge in [-0.1, -0.05) is 20.3 Å². The summed E-state index contributed by atoms with van der Waals surface area (Å²) in [6, 6.07) is 0. The van der Waals surface area contributed by atoms with Gasteiger partial charge in [0.15, 0.2) is 0 Å². The molecule has 2 rings (SSSR count). The quantitative estimate of drug-likeness (QED) is 0.826. The zero-order valence-corrected chi connectivity index (χ0v) is 11.1. The molecule has 4 heteroatoms. The van der Waals surface area contributed by atoms with Crippen LogP contribution in [-0.4, -0.2) is 15.9 Å². The monoisotopic (exact) mass is 239 g/mol. The topological polar surface area (TPSA) is 37.8 Å². The predicted molar refractivity (Wildman–Crippen MR) is 69.0 cm³/mol. The van der Waals surface area contributed by atoms with E-state index in [-0.39, 0.29) is 0 Å². The van der Waals surface area contributed by atoms with Crippen molar-refractivity contribution >= 4 is 16.7 Å². The zero-order valence-electron chi connectivity index (χ0n) is 10.3. The van der Waals surface area contributed by atoms with E-state index < -0.39 is 0 Å². The lowest BCUT2D eigenvalue weighted by atomic mass is 9.67. The van der Waals surface area contributed by atoms with Gasteiger partial charge < -0.3 is 5.32 Å². The van der Waals surface area contributed by atoms with E-state index in [1.54, 1.807) is 0 Å². The van der Waals surface area contributed by atoms with Crippen molar-refractivity contribution in [2.45, 2.75) is 52.4 Å². The van der Waals surface area contributed by atoms with Crippen LogP contribution in [0.5, 0.6) is 0 Å². The SMILES string of the molecule is CCCc1nsc(NCC2(CC)CCC2)n1. The highest BCUT2D eigenvalue weighted by Gasteiger charge is 2.34. The van der Waals surface area contributed by atoms with E-state index >= 15 is 0 Å². The van der Waals surface area contributed by atoms with Crippen LogP contribution < -0.4 is 5.32 Å². The molecule has 0 aromatic carbocycles. The van der Waals surface area contributed by atoms with Gasteiger partial charge in [0.2, 0.25) is 5.13 Å². The van der Waals surface area contributed by atoms with Crippen LogP contribution in [-0.2, 0) is 6.42 Å². The summed E-state index contributed by atoms with van der Waals surface area (Å²) in [5.41, 5.74) is 0.552. The molecule has 0 radical (unpaired) electrons. The van der Waals surface area contributed by atoms with E-state index in [9.17, 15) is 0 Å². The average Bonchev–Trinajstić information content (AvgIpc) is 2.66. The third kappa shape index (κ3) is 2.54. The highest BCUT2D eigenvalue weighted by Crippen LogP contribution is 2.43. The second kappa shape index (κ2) is 5.13. The first kappa shape index (κ1) is 11.8. The molecule has 16 heavy (non-hydrogen) atoms. The summed E-state index contributed by atoms with van der Waals surface area (Å²) in [5, 5.41) is 4.46. The van der Waals surface area contributed by atoms with Crippen molar-refractivity contribution in [1.82, 2.24) is 9.36 Å². The molecule has 0 aliphatic heterocycles. The highest BCUT2D eigenvalue weighted by atomic mass is 32.1. The Bertz CT molecular complexity index is 325. The second-order valence-electron chi connectivity index (χ2n) is 4.83. The minimum Gasteiger partial charge on any atom is -0.360 e. The highest BCUT2D eigenvalue weighted by molar-refractivity contribution is 7.09. The number of nitrogens with one attached hydrogen (secondary N) is 1. The van der Waals surface area contributed by atoms with E-state index in [0.29, 0.717) is 5.41 Å². The summed E-state index contributed by atoms with van der Waals surface area (Å²) in [4.78, 5) is 4.49. The first-order valence-electron chi connectivity index (χ1n) is 6.34. The van der Waals surface area contributed by atoms with Gasteiger partial charge >= 0.3 is 0 Å². The van der Waals surface area contributed by atoms with Crippen LogP contribution in [0, 0.1) is 5.41 Å². The van der Waals surface area contributed by atoms with E-state index in [1.165, 1.54) is 37.2 Å². The summed E-state index contributed by atoms with van der Waals surface area (Å²) < 4.78 is 4.34. The molecule has 0 spiro atoms. The molecule has 3 nitrogen and oxygen atoms in total. The van der Waals surface area contributed by atoms with Gasteiger partial charge in [-0.25, -0.2) is 4.98 Å². The van der Waals surface area contributed by atoms with Gasteiger partial charge in [0.25, 0.3) is 0 Å². The molecule has 0 amide bonds. The Kier molecular flexibility index (Phi) is 3.79. The van der Waals surface area contributed by atoms with Crippen molar-refractivity contribution in [3.8, 4) is 0 Å². The molecular weight excluding hydrogens is 218 g/mol. The summed E-state index contributed by atoms with van der Waals surface area (Å²) >= 11 is 1.50. The normalized spacial score (nSPS) is 18.1. The van der Waals surface area contributed by atoms with Crippen molar-refractivity contribution < 1.29 is 0 Å². The predicted octanol–water partition coefficient (Wildman–Crippen LogP) is 3.48. The molecule has 0 atom stereocenters. The fourth-order valence-electron chi connectivity index (χ4n) is 2.25. The fourth-order valence-corrected chi connectivity index (χ4v) is 2.85. The molecule has 1 aliphatic rings. The van der Waals surface area contributed by atoms with E-state index in [4.69, 9.17) is 0 Å². The molecular formula is C12H21N3S. The van der Waals surface area contributed by atoms with Gasteiger partial charge in [-0.15, -0.1) is 0 Å². The molecule has 1 fully saturated rings. The largest absolute Gasteiger partial charge is 0.360 e. The number of hydrogen-bond donors (Lipinski definition) is 1. The lowest BCUT2D eigenvalue weighted by Gasteiger charge is -2.41. The smallest absolute Gasteiger partial charge is 0.202 e. The third-order valence-electron chi connectivity index (χ3n) is 3.72. The number of rotatable bonds is 6. The molecule has 1 aliphatic carbocycles. The van der Waals surface area contributed by atoms with Gasteiger partial charge in [-0.2, -0.15) is 4.37 Å². The van der Waals surface area contributed by atoms with Gasteiger partial charge in [0.05, 0.1) is 0 Å². The first-order chi connectivity index (χ1) is 7.78. The minimum atomic E-state index is 0.552. The Morgan fingerprint density at radius 3 is 2.75 bits per heavy atom. The Morgan fingerprint density at radius 2 is 2.19 bits per heavy atom. The van der Waals surface area contributed by atoms with Gasteiger partial charge in [0, 0.05) is 24.5 Å². The van der Waals surface area contributed by atoms with Crippen LogP contribution in [0.3, 0.4) is 0 Å². The number of aromatic nitrogens is 2. The number of aryl methyl sites for hydroxylation is 1. The Morgan fingerprint density at radius 1 is 1.38 bits per heavy atom. The standard InChI is InChI=1S/C12H21N3S/c1-3-6-10-14-11(16-15-10)13-9-12(4-2)7-5-8-12/h3-9H2,1-2H3,(H,13,14,15). The van der Waals surface area contributed by atoms with Gasteiger partial charge in [-0.3, -0.25) is 0 Å². The number of nitrogens with zero attached hydrogens (tertiary/aromatic N) is 2. The summed E-state index contributed by atoms with van der Waals surface area (Å²) in [6.07, 6.45) is 7.54. The lowest BCUT2D eigenvalue weighted by molar-refractivity contribution is 0.145. The van der Waals surface area contributed by atoms with Crippen LogP contribution >= 0.6 is 11.5 Å². The van der Waals surface area contributed by atoms with Gasteiger partial charge in [0.1, 0.15) is 5.82 Å². The summed E-state index contributed by atoms with van der Waals surface area (Å²) in [5.74, 6) is 0.995. The summed E-state index contributed by atoms with van der Waals surface area (Å²) in [6.45, 7) is 5.53. The Hall–Kier alpha value is -0.640.